The zero-order chi connectivity index (χ0) is 20.9. The minimum atomic E-state index is -4.55. The fourth-order valence-corrected chi connectivity index (χ4v) is 2.21. The van der Waals surface area contributed by atoms with Crippen LogP contribution in [0.5, 0.6) is 17.4 Å². The number of carbonyl (C=O) groups is 1. The zero-order valence-corrected chi connectivity index (χ0v) is 15.8. The lowest BCUT2D eigenvalue weighted by Crippen LogP contribution is -2.25. The molecule has 0 saturated heterocycles. The van der Waals surface area contributed by atoms with Crippen LogP contribution in [0.3, 0.4) is 0 Å². The molecule has 28 heavy (non-hydrogen) atoms. The van der Waals surface area contributed by atoms with Gasteiger partial charge in [-0.2, -0.15) is 13.2 Å². The Morgan fingerprint density at radius 2 is 2.04 bits per heavy atom. The number of aryl methyl sites for hydroxylation is 1. The number of pyridine rings is 1. The van der Waals surface area contributed by atoms with E-state index in [0.29, 0.717) is 17.5 Å². The molecule has 1 aromatic carbocycles. The lowest BCUT2D eigenvalue weighted by molar-refractivity contribution is -0.151. The van der Waals surface area contributed by atoms with Crippen molar-refractivity contribution < 1.29 is 32.3 Å². The van der Waals surface area contributed by atoms with E-state index < -0.39 is 23.8 Å². The van der Waals surface area contributed by atoms with Crippen LogP contribution < -0.4 is 9.47 Å². The van der Waals surface area contributed by atoms with Gasteiger partial charge in [-0.25, -0.2) is 9.78 Å². The van der Waals surface area contributed by atoms with Gasteiger partial charge in [-0.1, -0.05) is 16.8 Å². The van der Waals surface area contributed by atoms with E-state index in [1.807, 2.05) is 0 Å². The Kier molecular flexibility index (Phi) is 6.85. The number of hydrogen-bond acceptors (Lipinski definition) is 6. The highest BCUT2D eigenvalue weighted by molar-refractivity contribution is 6.31. The molecule has 150 valence electrons. The number of ether oxygens (including phenoxy) is 2. The quantitative estimate of drug-likeness (QED) is 0.369. The summed E-state index contributed by atoms with van der Waals surface area (Å²) in [6.45, 7) is 4.80. The molecule has 2 rings (SSSR count). The number of halogens is 4. The second-order valence-corrected chi connectivity index (χ2v) is 5.98. The summed E-state index contributed by atoms with van der Waals surface area (Å²) in [6.07, 6.45) is -3.49. The third kappa shape index (κ3) is 5.59. The first kappa shape index (κ1) is 21.5. The zero-order valence-electron chi connectivity index (χ0n) is 15.1. The van der Waals surface area contributed by atoms with Crippen molar-refractivity contribution in [2.24, 2.45) is 5.16 Å². The molecule has 0 N–H and O–H groups in total. The predicted molar refractivity (Wildman–Crippen MR) is 95.9 cm³/mol. The summed E-state index contributed by atoms with van der Waals surface area (Å²) < 4.78 is 48.9. The predicted octanol–water partition coefficient (Wildman–Crippen LogP) is 5.17. The maximum absolute atomic E-state index is 12.7. The van der Waals surface area contributed by atoms with E-state index in [0.717, 1.165) is 6.07 Å². The van der Waals surface area contributed by atoms with Gasteiger partial charge in [-0.15, -0.1) is 0 Å². The average molecular weight is 417 g/mol. The number of benzene rings is 1. The Labute approximate surface area is 163 Å². The molecule has 1 atom stereocenters. The van der Waals surface area contributed by atoms with Crippen molar-refractivity contribution >= 4 is 23.8 Å². The molecule has 0 aliphatic rings. The van der Waals surface area contributed by atoms with Crippen LogP contribution in [0.25, 0.3) is 0 Å². The van der Waals surface area contributed by atoms with Crippen molar-refractivity contribution in [2.75, 3.05) is 0 Å². The fraction of sp³-hybridized carbons (Fsp3) is 0.278. The summed E-state index contributed by atoms with van der Waals surface area (Å²) in [6, 6.07) is 5.34. The normalized spacial score (nSPS) is 12.7. The number of alkyl halides is 3. The van der Waals surface area contributed by atoms with Gasteiger partial charge in [0.05, 0.1) is 5.56 Å². The summed E-state index contributed by atoms with van der Waals surface area (Å²) in [5, 5.41) is 3.11. The highest BCUT2D eigenvalue weighted by atomic mass is 35.5. The number of aromatic nitrogens is 1. The number of oxime groups is 1. The summed E-state index contributed by atoms with van der Waals surface area (Å²) in [5.74, 6) is -0.163. The largest absolute Gasteiger partial charge is 0.479 e. The molecule has 0 bridgehead atoms. The van der Waals surface area contributed by atoms with Gasteiger partial charge in [0.25, 0.3) is 0 Å². The Morgan fingerprint density at radius 1 is 1.32 bits per heavy atom. The highest BCUT2D eigenvalue weighted by Crippen LogP contribution is 2.35. The molecule has 0 fully saturated rings. The second-order valence-electron chi connectivity index (χ2n) is 5.57. The van der Waals surface area contributed by atoms with Crippen LogP contribution in [0.1, 0.15) is 25.0 Å². The second kappa shape index (κ2) is 8.92. The average Bonchev–Trinajstić information content (AvgIpc) is 2.62. The topological polar surface area (TPSA) is 70.0 Å². The van der Waals surface area contributed by atoms with Crippen LogP contribution in [-0.4, -0.2) is 23.3 Å². The van der Waals surface area contributed by atoms with Gasteiger partial charge in [-0.05, 0) is 50.6 Å². The summed E-state index contributed by atoms with van der Waals surface area (Å²) in [5.41, 5.74) is -0.364. The smallest absolute Gasteiger partial charge is 0.417 e. The van der Waals surface area contributed by atoms with E-state index >= 15 is 0 Å². The molecule has 1 heterocycles. The van der Waals surface area contributed by atoms with E-state index in [-0.39, 0.29) is 16.7 Å². The maximum atomic E-state index is 12.7. The molecular formula is C18H16ClF3N2O4. The van der Waals surface area contributed by atoms with Crippen LogP contribution >= 0.6 is 11.6 Å². The van der Waals surface area contributed by atoms with Crippen molar-refractivity contribution in [1.82, 2.24) is 4.98 Å². The molecule has 6 nitrogen and oxygen atoms in total. The lowest BCUT2D eigenvalue weighted by Gasteiger charge is -2.15. The highest BCUT2D eigenvalue weighted by Gasteiger charge is 2.31. The van der Waals surface area contributed by atoms with E-state index in [1.54, 1.807) is 19.9 Å². The van der Waals surface area contributed by atoms with Crippen LogP contribution in [0.2, 0.25) is 5.02 Å². The number of rotatable bonds is 6. The Bertz CT molecular complexity index is 888. The van der Waals surface area contributed by atoms with E-state index in [2.05, 4.69) is 15.0 Å². The summed E-state index contributed by atoms with van der Waals surface area (Å²) in [7, 11) is 0. The third-order valence-electron chi connectivity index (χ3n) is 3.38. The van der Waals surface area contributed by atoms with Crippen LogP contribution in [-0.2, 0) is 15.8 Å². The molecule has 10 heteroatoms. The first-order valence-electron chi connectivity index (χ1n) is 7.98. The summed E-state index contributed by atoms with van der Waals surface area (Å²) in [4.78, 5) is 19.9. The van der Waals surface area contributed by atoms with Crippen molar-refractivity contribution in [3.63, 3.8) is 0 Å². The molecule has 0 aliphatic heterocycles. The first-order chi connectivity index (χ1) is 13.1. The van der Waals surface area contributed by atoms with Gasteiger partial charge < -0.3 is 14.3 Å². The first-order valence-corrected chi connectivity index (χ1v) is 8.36. The molecule has 0 amide bonds. The van der Waals surface area contributed by atoms with Gasteiger partial charge in [0, 0.05) is 12.4 Å². The molecule has 0 aliphatic carbocycles. The minimum Gasteiger partial charge on any atom is -0.479 e. The van der Waals surface area contributed by atoms with E-state index in [9.17, 15) is 18.0 Å². The Morgan fingerprint density at radius 3 is 2.61 bits per heavy atom. The molecule has 2 aromatic rings. The lowest BCUT2D eigenvalue weighted by atomic mass is 10.2. The maximum Gasteiger partial charge on any atom is 0.417 e. The van der Waals surface area contributed by atoms with Crippen LogP contribution in [0.15, 0.2) is 35.6 Å². The Balaban J connectivity index is 2.11. The van der Waals surface area contributed by atoms with Crippen LogP contribution in [0.4, 0.5) is 13.2 Å². The van der Waals surface area contributed by atoms with Crippen molar-refractivity contribution in [3.05, 3.63) is 46.6 Å². The molecule has 0 spiro atoms. The monoisotopic (exact) mass is 416 g/mol. The van der Waals surface area contributed by atoms with Gasteiger partial charge in [-0.3, -0.25) is 0 Å². The fourth-order valence-electron chi connectivity index (χ4n) is 2.00. The molecule has 0 radical (unpaired) electrons. The van der Waals surface area contributed by atoms with Gasteiger partial charge in [0.15, 0.2) is 6.10 Å². The van der Waals surface area contributed by atoms with Crippen molar-refractivity contribution in [3.8, 4) is 17.4 Å². The molecule has 1 unspecified atom stereocenters. The number of nitrogens with zero attached hydrogens (tertiary/aromatic N) is 2. The SMILES string of the molecule is CC=NOC(=O)C(C)Oc1ccc(Oc2ncc(C(F)(F)F)cc2Cl)cc1C. The number of carbonyl (C=O) groups excluding carboxylic acids is 1. The summed E-state index contributed by atoms with van der Waals surface area (Å²) >= 11 is 5.83. The third-order valence-corrected chi connectivity index (χ3v) is 3.65. The number of hydrogen-bond donors (Lipinski definition) is 0. The molecule has 0 saturated carbocycles. The van der Waals surface area contributed by atoms with Crippen molar-refractivity contribution in [1.29, 1.82) is 0 Å². The standard InChI is InChI=1S/C18H16ClF3N2O4/c1-4-24-28-17(25)11(3)26-15-6-5-13(7-10(15)2)27-16-14(19)8-12(9-23-16)18(20,21)22/h4-9,11H,1-3H3. The van der Waals surface area contributed by atoms with E-state index in [4.69, 9.17) is 21.1 Å². The van der Waals surface area contributed by atoms with Gasteiger partial charge in [0.1, 0.15) is 16.5 Å². The Hall–Kier alpha value is -2.81. The van der Waals surface area contributed by atoms with Crippen molar-refractivity contribution in [2.45, 2.75) is 33.1 Å². The van der Waals surface area contributed by atoms with E-state index in [1.165, 1.54) is 25.3 Å². The minimum absolute atomic E-state index is 0.169. The molecular weight excluding hydrogens is 401 g/mol. The molecule has 1 aromatic heterocycles. The van der Waals surface area contributed by atoms with Gasteiger partial charge in [0.2, 0.25) is 5.88 Å². The van der Waals surface area contributed by atoms with Crippen LogP contribution in [0, 0.1) is 6.92 Å². The van der Waals surface area contributed by atoms with Gasteiger partial charge >= 0.3 is 12.1 Å².